The first kappa shape index (κ1) is 15.8. The number of para-hydroxylation sites is 1. The van der Waals surface area contributed by atoms with Crippen molar-refractivity contribution in [3.8, 4) is 0 Å². The highest BCUT2D eigenvalue weighted by Gasteiger charge is 2.32. The number of nitrogens with zero attached hydrogens (tertiary/aromatic N) is 2. The maximum atomic E-state index is 12.8. The van der Waals surface area contributed by atoms with Crippen LogP contribution in [-0.2, 0) is 11.3 Å². The molecular weight excluding hydrogens is 284 g/mol. The Morgan fingerprint density at radius 2 is 1.61 bits per heavy atom. The van der Waals surface area contributed by atoms with E-state index < -0.39 is 0 Å². The van der Waals surface area contributed by atoms with E-state index in [2.05, 4.69) is 49.1 Å². The summed E-state index contributed by atoms with van der Waals surface area (Å²) in [4.78, 5) is 17.1. The van der Waals surface area contributed by atoms with Gasteiger partial charge in [-0.1, -0.05) is 42.5 Å². The van der Waals surface area contributed by atoms with Gasteiger partial charge in [0.2, 0.25) is 5.91 Å². The van der Waals surface area contributed by atoms with Gasteiger partial charge in [-0.25, -0.2) is 0 Å². The van der Waals surface area contributed by atoms with Gasteiger partial charge in [-0.3, -0.25) is 9.69 Å². The lowest BCUT2D eigenvalue weighted by molar-refractivity contribution is -0.125. The van der Waals surface area contributed by atoms with E-state index >= 15 is 0 Å². The maximum Gasteiger partial charge on any atom is 0.244 e. The Hall–Kier alpha value is -2.13. The first-order valence-corrected chi connectivity index (χ1v) is 8.23. The lowest BCUT2D eigenvalue weighted by atomic mass is 10.1. The largest absolute Gasteiger partial charge is 0.310 e. The zero-order valence-electron chi connectivity index (χ0n) is 14.1. The Bertz CT molecular complexity index is 710. The Morgan fingerprint density at radius 3 is 2.30 bits per heavy atom. The van der Waals surface area contributed by atoms with Crippen LogP contribution in [0.4, 0.5) is 5.69 Å². The summed E-state index contributed by atoms with van der Waals surface area (Å²) in [5.41, 5.74) is 4.78. The van der Waals surface area contributed by atoms with Crippen molar-refractivity contribution in [3.63, 3.8) is 0 Å². The molecule has 1 atom stereocenters. The Labute approximate surface area is 138 Å². The third-order valence-corrected chi connectivity index (χ3v) is 4.82. The molecule has 1 heterocycles. The molecule has 1 aliphatic rings. The fraction of sp³-hybridized carbons (Fsp3) is 0.350. The Morgan fingerprint density at radius 1 is 0.957 bits per heavy atom. The quantitative estimate of drug-likeness (QED) is 0.866. The van der Waals surface area contributed by atoms with Crippen LogP contribution in [-0.4, -0.2) is 29.9 Å². The molecule has 0 bridgehead atoms. The van der Waals surface area contributed by atoms with Crippen molar-refractivity contribution in [2.45, 2.75) is 33.4 Å². The third-order valence-electron chi connectivity index (χ3n) is 4.82. The number of carbonyl (C=O) groups is 1. The number of aryl methyl sites for hydroxylation is 2. The van der Waals surface area contributed by atoms with Gasteiger partial charge in [0.15, 0.2) is 0 Å². The topological polar surface area (TPSA) is 23.6 Å². The first-order chi connectivity index (χ1) is 11.1. The minimum Gasteiger partial charge on any atom is -0.310 e. The number of anilines is 1. The van der Waals surface area contributed by atoms with Gasteiger partial charge in [0, 0.05) is 25.3 Å². The van der Waals surface area contributed by atoms with E-state index in [9.17, 15) is 4.79 Å². The van der Waals surface area contributed by atoms with Crippen LogP contribution in [0, 0.1) is 13.8 Å². The summed E-state index contributed by atoms with van der Waals surface area (Å²) in [6, 6.07) is 16.4. The van der Waals surface area contributed by atoms with E-state index in [0.29, 0.717) is 0 Å². The van der Waals surface area contributed by atoms with Gasteiger partial charge < -0.3 is 4.90 Å². The number of piperazine rings is 1. The fourth-order valence-electron chi connectivity index (χ4n) is 3.24. The third kappa shape index (κ3) is 3.15. The average molecular weight is 308 g/mol. The molecule has 0 saturated carbocycles. The predicted molar refractivity (Wildman–Crippen MR) is 94.6 cm³/mol. The second-order valence-corrected chi connectivity index (χ2v) is 6.35. The van der Waals surface area contributed by atoms with Gasteiger partial charge >= 0.3 is 0 Å². The monoisotopic (exact) mass is 308 g/mol. The van der Waals surface area contributed by atoms with Crippen molar-refractivity contribution >= 4 is 11.6 Å². The van der Waals surface area contributed by atoms with Gasteiger partial charge in [-0.15, -0.1) is 0 Å². The molecule has 23 heavy (non-hydrogen) atoms. The van der Waals surface area contributed by atoms with Gasteiger partial charge in [0.25, 0.3) is 0 Å². The number of hydrogen-bond acceptors (Lipinski definition) is 2. The Balaban J connectivity index is 1.77. The van der Waals surface area contributed by atoms with E-state index in [1.807, 2.05) is 30.0 Å². The van der Waals surface area contributed by atoms with Crippen LogP contribution in [0.5, 0.6) is 0 Å². The number of amides is 1. The van der Waals surface area contributed by atoms with Crippen LogP contribution in [0.1, 0.15) is 23.6 Å². The molecule has 0 unspecified atom stereocenters. The Kier molecular flexibility index (Phi) is 4.49. The molecule has 0 aliphatic carbocycles. The number of hydrogen-bond donors (Lipinski definition) is 0. The summed E-state index contributed by atoms with van der Waals surface area (Å²) >= 11 is 0. The SMILES string of the molecule is Cc1ccccc1CN1CCN(c2ccccc2C)C(=O)[C@H]1C. The molecule has 3 heteroatoms. The van der Waals surface area contributed by atoms with Gasteiger partial charge in [-0.05, 0) is 43.5 Å². The van der Waals surface area contributed by atoms with E-state index in [-0.39, 0.29) is 11.9 Å². The second kappa shape index (κ2) is 6.55. The van der Waals surface area contributed by atoms with Crippen LogP contribution < -0.4 is 4.90 Å². The van der Waals surface area contributed by atoms with Crippen LogP contribution in [0.3, 0.4) is 0 Å². The summed E-state index contributed by atoms with van der Waals surface area (Å²) in [5.74, 6) is 0.194. The smallest absolute Gasteiger partial charge is 0.244 e. The number of rotatable bonds is 3. The standard InChI is InChI=1S/C20H24N2O/c1-15-8-4-6-10-18(15)14-21-12-13-22(20(23)17(21)3)19-11-7-5-9-16(19)2/h4-11,17H,12-14H2,1-3H3/t17-/m1/s1. The molecule has 3 rings (SSSR count). The normalized spacial score (nSPS) is 19.2. The molecular formula is C20H24N2O. The molecule has 1 fully saturated rings. The fourth-order valence-corrected chi connectivity index (χ4v) is 3.24. The molecule has 3 nitrogen and oxygen atoms in total. The average Bonchev–Trinajstić information content (AvgIpc) is 2.55. The minimum absolute atomic E-state index is 0.0945. The van der Waals surface area contributed by atoms with Gasteiger partial charge in [0.05, 0.1) is 6.04 Å². The molecule has 0 spiro atoms. The molecule has 1 saturated heterocycles. The minimum atomic E-state index is -0.0945. The summed E-state index contributed by atoms with van der Waals surface area (Å²) in [7, 11) is 0. The van der Waals surface area contributed by atoms with Crippen molar-refractivity contribution in [1.29, 1.82) is 0 Å². The summed E-state index contributed by atoms with van der Waals surface area (Å²) in [6.07, 6.45) is 0. The molecule has 2 aromatic carbocycles. The van der Waals surface area contributed by atoms with Gasteiger partial charge in [-0.2, -0.15) is 0 Å². The highest BCUT2D eigenvalue weighted by Crippen LogP contribution is 2.25. The molecule has 1 aliphatic heterocycles. The number of benzene rings is 2. The number of carbonyl (C=O) groups excluding carboxylic acids is 1. The van der Waals surface area contributed by atoms with Crippen LogP contribution in [0.2, 0.25) is 0 Å². The lowest BCUT2D eigenvalue weighted by Crippen LogP contribution is -2.55. The van der Waals surface area contributed by atoms with Crippen LogP contribution in [0.15, 0.2) is 48.5 Å². The lowest BCUT2D eigenvalue weighted by Gasteiger charge is -2.39. The van der Waals surface area contributed by atoms with E-state index in [4.69, 9.17) is 0 Å². The summed E-state index contributed by atoms with van der Waals surface area (Å²) < 4.78 is 0. The van der Waals surface area contributed by atoms with Crippen LogP contribution >= 0.6 is 0 Å². The zero-order valence-corrected chi connectivity index (χ0v) is 14.1. The van der Waals surface area contributed by atoms with E-state index in [1.165, 1.54) is 11.1 Å². The molecule has 120 valence electrons. The summed E-state index contributed by atoms with van der Waals surface area (Å²) in [6.45, 7) is 8.69. The van der Waals surface area contributed by atoms with E-state index in [0.717, 1.165) is 30.9 Å². The van der Waals surface area contributed by atoms with Crippen LogP contribution in [0.25, 0.3) is 0 Å². The highest BCUT2D eigenvalue weighted by atomic mass is 16.2. The maximum absolute atomic E-state index is 12.8. The molecule has 0 aromatic heterocycles. The van der Waals surface area contributed by atoms with Gasteiger partial charge in [0.1, 0.15) is 0 Å². The highest BCUT2D eigenvalue weighted by molar-refractivity contribution is 5.98. The van der Waals surface area contributed by atoms with Crippen molar-refractivity contribution in [3.05, 3.63) is 65.2 Å². The molecule has 2 aromatic rings. The van der Waals surface area contributed by atoms with Crippen molar-refractivity contribution in [1.82, 2.24) is 4.90 Å². The second-order valence-electron chi connectivity index (χ2n) is 6.35. The van der Waals surface area contributed by atoms with E-state index in [1.54, 1.807) is 0 Å². The summed E-state index contributed by atoms with van der Waals surface area (Å²) in [5, 5.41) is 0. The molecule has 1 amide bonds. The van der Waals surface area contributed by atoms with Crippen molar-refractivity contribution in [2.24, 2.45) is 0 Å². The molecule has 0 radical (unpaired) electrons. The predicted octanol–water partition coefficient (Wildman–Crippen LogP) is 3.54. The van der Waals surface area contributed by atoms with Crippen molar-refractivity contribution < 1.29 is 4.79 Å². The first-order valence-electron chi connectivity index (χ1n) is 8.23. The van der Waals surface area contributed by atoms with Crippen molar-refractivity contribution in [2.75, 3.05) is 18.0 Å². The molecule has 0 N–H and O–H groups in total. The zero-order chi connectivity index (χ0) is 16.4.